The van der Waals surface area contributed by atoms with E-state index >= 15 is 0 Å². The summed E-state index contributed by atoms with van der Waals surface area (Å²) in [6, 6.07) is 15.0. The molecule has 0 aliphatic carbocycles. The molecule has 0 amide bonds. The van der Waals surface area contributed by atoms with Gasteiger partial charge in [-0.25, -0.2) is 8.78 Å². The summed E-state index contributed by atoms with van der Waals surface area (Å²) in [7, 11) is 0. The van der Waals surface area contributed by atoms with Gasteiger partial charge in [0.05, 0.1) is 0 Å². The van der Waals surface area contributed by atoms with Gasteiger partial charge in [-0.15, -0.1) is 0 Å². The number of halogens is 2. The summed E-state index contributed by atoms with van der Waals surface area (Å²) in [4.78, 5) is 0. The maximum atomic E-state index is 13.2. The Balaban J connectivity index is 1.92. The number of rotatable bonds is 3. The van der Waals surface area contributed by atoms with Gasteiger partial charge in [0.15, 0.2) is 11.6 Å². The average molecular weight is 313 g/mol. The summed E-state index contributed by atoms with van der Waals surface area (Å²) in [5.74, 6) is -1.02. The zero-order valence-electron chi connectivity index (χ0n) is 12.9. The average Bonchev–Trinajstić information content (AvgIpc) is 2.49. The highest BCUT2D eigenvalue weighted by Crippen LogP contribution is 2.29. The van der Waals surface area contributed by atoms with Crippen LogP contribution in [0.25, 0.3) is 10.8 Å². The lowest BCUT2D eigenvalue weighted by Gasteiger charge is -2.19. The molecule has 3 aromatic carbocycles. The minimum Gasteiger partial charge on any atom is -0.457 e. The fourth-order valence-corrected chi connectivity index (χ4v) is 2.36. The van der Waals surface area contributed by atoms with E-state index in [1.54, 1.807) is 6.07 Å². The third kappa shape index (κ3) is 3.32. The monoisotopic (exact) mass is 313 g/mol. The Labute approximate surface area is 133 Å². The summed E-state index contributed by atoms with van der Waals surface area (Å²) in [5, 5.41) is 2.02. The lowest BCUT2D eigenvalue weighted by molar-refractivity contribution is 0.462. The predicted molar refractivity (Wildman–Crippen MR) is 87.6 cm³/mol. The SMILES string of the molecule is CC(C)(N)c1ccc2cc(Oc3ccc(F)c(F)c3)ccc2c1. The van der Waals surface area contributed by atoms with E-state index in [1.165, 1.54) is 6.07 Å². The van der Waals surface area contributed by atoms with Crippen molar-refractivity contribution in [3.8, 4) is 11.5 Å². The minimum atomic E-state index is -0.932. The first-order valence-corrected chi connectivity index (χ1v) is 7.29. The summed E-state index contributed by atoms with van der Waals surface area (Å²) < 4.78 is 31.8. The molecule has 23 heavy (non-hydrogen) atoms. The van der Waals surface area contributed by atoms with Crippen molar-refractivity contribution in [1.82, 2.24) is 0 Å². The second-order valence-corrected chi connectivity index (χ2v) is 6.12. The molecule has 0 aliphatic rings. The van der Waals surface area contributed by atoms with Crippen LogP contribution >= 0.6 is 0 Å². The Hall–Kier alpha value is -2.46. The third-order valence-electron chi connectivity index (χ3n) is 3.68. The summed E-state index contributed by atoms with van der Waals surface area (Å²) >= 11 is 0. The van der Waals surface area contributed by atoms with Crippen LogP contribution < -0.4 is 10.5 Å². The van der Waals surface area contributed by atoms with Crippen molar-refractivity contribution in [1.29, 1.82) is 0 Å². The Morgan fingerprint density at radius 1 is 0.783 bits per heavy atom. The van der Waals surface area contributed by atoms with Gasteiger partial charge in [-0.3, -0.25) is 0 Å². The van der Waals surface area contributed by atoms with Gasteiger partial charge in [0, 0.05) is 11.6 Å². The molecule has 0 spiro atoms. The fraction of sp³-hybridized carbons (Fsp3) is 0.158. The lowest BCUT2D eigenvalue weighted by atomic mass is 9.93. The van der Waals surface area contributed by atoms with E-state index in [2.05, 4.69) is 0 Å². The number of ether oxygens (including phenoxy) is 1. The molecular formula is C19H17F2NO. The number of nitrogens with two attached hydrogens (primary N) is 1. The zero-order chi connectivity index (χ0) is 16.6. The van der Waals surface area contributed by atoms with Crippen molar-refractivity contribution in [3.05, 3.63) is 71.8 Å². The highest BCUT2D eigenvalue weighted by atomic mass is 19.2. The second kappa shape index (κ2) is 5.63. The normalized spacial score (nSPS) is 11.7. The van der Waals surface area contributed by atoms with Crippen molar-refractivity contribution in [2.75, 3.05) is 0 Å². The van der Waals surface area contributed by atoms with E-state index in [1.807, 2.05) is 44.2 Å². The quantitative estimate of drug-likeness (QED) is 0.729. The van der Waals surface area contributed by atoms with Crippen LogP contribution in [0.1, 0.15) is 19.4 Å². The molecule has 0 saturated carbocycles. The van der Waals surface area contributed by atoms with Crippen molar-refractivity contribution < 1.29 is 13.5 Å². The van der Waals surface area contributed by atoms with Crippen molar-refractivity contribution in [3.63, 3.8) is 0 Å². The molecule has 0 radical (unpaired) electrons. The maximum absolute atomic E-state index is 13.2. The standard InChI is InChI=1S/C19H17F2NO/c1-19(2,22)14-5-3-13-10-15(6-4-12(13)9-14)23-16-7-8-17(20)18(21)11-16/h3-11H,22H2,1-2H3. The molecule has 3 aromatic rings. The van der Waals surface area contributed by atoms with Crippen molar-refractivity contribution >= 4 is 10.8 Å². The number of fused-ring (bicyclic) bond motifs is 1. The van der Waals surface area contributed by atoms with Gasteiger partial charge in [-0.1, -0.05) is 18.2 Å². The van der Waals surface area contributed by atoms with Gasteiger partial charge >= 0.3 is 0 Å². The second-order valence-electron chi connectivity index (χ2n) is 6.12. The molecule has 3 rings (SSSR count). The van der Waals surface area contributed by atoms with Crippen LogP contribution in [0, 0.1) is 11.6 Å². The van der Waals surface area contributed by atoms with E-state index in [0.29, 0.717) is 5.75 Å². The first-order chi connectivity index (χ1) is 10.8. The lowest BCUT2D eigenvalue weighted by Crippen LogP contribution is -2.28. The minimum absolute atomic E-state index is 0.253. The van der Waals surface area contributed by atoms with E-state index in [4.69, 9.17) is 10.5 Å². The van der Waals surface area contributed by atoms with Gasteiger partial charge in [-0.2, -0.15) is 0 Å². The smallest absolute Gasteiger partial charge is 0.162 e. The van der Waals surface area contributed by atoms with Crippen LogP contribution in [-0.4, -0.2) is 0 Å². The van der Waals surface area contributed by atoms with Crippen LogP contribution in [-0.2, 0) is 5.54 Å². The molecule has 0 aliphatic heterocycles. The van der Waals surface area contributed by atoms with E-state index in [-0.39, 0.29) is 5.75 Å². The number of hydrogen-bond donors (Lipinski definition) is 1. The predicted octanol–water partition coefficient (Wildman–Crippen LogP) is 5.10. The Kier molecular flexibility index (Phi) is 3.78. The molecule has 2 nitrogen and oxygen atoms in total. The topological polar surface area (TPSA) is 35.2 Å². The van der Waals surface area contributed by atoms with Gasteiger partial charge in [-0.05, 0) is 60.5 Å². The fourth-order valence-electron chi connectivity index (χ4n) is 2.36. The number of benzene rings is 3. The molecule has 118 valence electrons. The molecule has 0 heterocycles. The highest BCUT2D eigenvalue weighted by Gasteiger charge is 2.14. The Morgan fingerprint density at radius 2 is 1.39 bits per heavy atom. The van der Waals surface area contributed by atoms with Gasteiger partial charge in [0.2, 0.25) is 0 Å². The van der Waals surface area contributed by atoms with Crippen LogP contribution in [0.3, 0.4) is 0 Å². The molecule has 0 bridgehead atoms. The van der Waals surface area contributed by atoms with Crippen LogP contribution in [0.5, 0.6) is 11.5 Å². The van der Waals surface area contributed by atoms with E-state index < -0.39 is 17.2 Å². The van der Waals surface area contributed by atoms with E-state index in [9.17, 15) is 8.78 Å². The number of hydrogen-bond acceptors (Lipinski definition) is 2. The molecule has 0 unspecified atom stereocenters. The van der Waals surface area contributed by atoms with Crippen LogP contribution in [0.2, 0.25) is 0 Å². The molecule has 0 aromatic heterocycles. The summed E-state index contributed by atoms with van der Waals surface area (Å²) in [6.45, 7) is 3.91. The largest absolute Gasteiger partial charge is 0.457 e. The zero-order valence-corrected chi connectivity index (χ0v) is 12.9. The molecular weight excluding hydrogens is 296 g/mol. The molecule has 2 N–H and O–H groups in total. The van der Waals surface area contributed by atoms with Crippen LogP contribution in [0.15, 0.2) is 54.6 Å². The molecule has 0 fully saturated rings. The van der Waals surface area contributed by atoms with Gasteiger partial charge in [0.25, 0.3) is 0 Å². The van der Waals surface area contributed by atoms with E-state index in [0.717, 1.165) is 28.5 Å². The van der Waals surface area contributed by atoms with Gasteiger partial charge < -0.3 is 10.5 Å². The third-order valence-corrected chi connectivity index (χ3v) is 3.68. The molecule has 0 atom stereocenters. The highest BCUT2D eigenvalue weighted by molar-refractivity contribution is 5.84. The molecule has 4 heteroatoms. The van der Waals surface area contributed by atoms with Gasteiger partial charge in [0.1, 0.15) is 11.5 Å². The first-order valence-electron chi connectivity index (χ1n) is 7.29. The van der Waals surface area contributed by atoms with Crippen molar-refractivity contribution in [2.24, 2.45) is 5.73 Å². The van der Waals surface area contributed by atoms with Crippen LogP contribution in [0.4, 0.5) is 8.78 Å². The summed E-state index contributed by atoms with van der Waals surface area (Å²) in [6.07, 6.45) is 0. The summed E-state index contributed by atoms with van der Waals surface area (Å²) in [5.41, 5.74) is 6.75. The van der Waals surface area contributed by atoms with Crippen molar-refractivity contribution in [2.45, 2.75) is 19.4 Å². The maximum Gasteiger partial charge on any atom is 0.162 e. The Bertz CT molecular complexity index is 869. The Morgan fingerprint density at radius 3 is 2.09 bits per heavy atom. The molecule has 0 saturated heterocycles. The first kappa shape index (κ1) is 15.4.